The Labute approximate surface area is 83.0 Å². The molecule has 0 fully saturated rings. The summed E-state index contributed by atoms with van der Waals surface area (Å²) in [6, 6.07) is 0. The van der Waals surface area contributed by atoms with Gasteiger partial charge in [-0.25, -0.2) is 9.59 Å². The standard InChI is InChI=1S/C6H8O4.C3H8O/c1-2-10-6(9)4-3-5(7)8;1-3(2)4/h3-4H,2H2,1H3,(H,7,8);3-4H,1-2H3/b4-3+;. The highest BCUT2D eigenvalue weighted by Crippen LogP contribution is 1.80. The maximum Gasteiger partial charge on any atom is 0.330 e. The van der Waals surface area contributed by atoms with Gasteiger partial charge in [0.15, 0.2) is 0 Å². The number of carboxylic acids is 1. The number of esters is 1. The van der Waals surface area contributed by atoms with Crippen LogP contribution in [-0.4, -0.2) is 34.9 Å². The van der Waals surface area contributed by atoms with Crippen molar-refractivity contribution >= 4 is 11.9 Å². The Bertz CT molecular complexity index is 193. The van der Waals surface area contributed by atoms with Gasteiger partial charge in [0.2, 0.25) is 0 Å². The van der Waals surface area contributed by atoms with E-state index in [2.05, 4.69) is 4.74 Å². The molecular weight excluding hydrogens is 188 g/mol. The van der Waals surface area contributed by atoms with Crippen LogP contribution in [0.15, 0.2) is 12.2 Å². The molecule has 0 bridgehead atoms. The number of aliphatic hydroxyl groups excluding tert-OH is 1. The highest BCUT2D eigenvalue weighted by atomic mass is 16.5. The Kier molecular flexibility index (Phi) is 10.5. The normalized spacial score (nSPS) is 9.50. The largest absolute Gasteiger partial charge is 0.478 e. The third kappa shape index (κ3) is 22.4. The third-order valence-corrected chi connectivity index (χ3v) is 0.649. The van der Waals surface area contributed by atoms with E-state index in [0.29, 0.717) is 0 Å². The summed E-state index contributed by atoms with van der Waals surface area (Å²) in [5.74, 6) is -1.79. The third-order valence-electron chi connectivity index (χ3n) is 0.649. The minimum Gasteiger partial charge on any atom is -0.478 e. The maximum atomic E-state index is 10.4. The number of carboxylic acid groups (broad SMARTS) is 1. The van der Waals surface area contributed by atoms with E-state index in [4.69, 9.17) is 10.2 Å². The molecule has 0 aliphatic heterocycles. The maximum absolute atomic E-state index is 10.4. The first kappa shape index (κ1) is 15.1. The van der Waals surface area contributed by atoms with Crippen LogP contribution in [0.4, 0.5) is 0 Å². The number of carbonyl (C=O) groups excluding carboxylic acids is 1. The molecule has 0 unspecified atom stereocenters. The average molecular weight is 204 g/mol. The van der Waals surface area contributed by atoms with Crippen LogP contribution in [0.1, 0.15) is 20.8 Å². The van der Waals surface area contributed by atoms with Gasteiger partial charge in [0.05, 0.1) is 6.61 Å². The van der Waals surface area contributed by atoms with Crippen molar-refractivity contribution in [2.24, 2.45) is 0 Å². The molecular formula is C9H16O5. The van der Waals surface area contributed by atoms with Crippen LogP contribution in [0.2, 0.25) is 0 Å². The molecule has 0 aromatic carbocycles. The van der Waals surface area contributed by atoms with E-state index in [1.807, 2.05) is 0 Å². The van der Waals surface area contributed by atoms with Gasteiger partial charge >= 0.3 is 11.9 Å². The van der Waals surface area contributed by atoms with Crippen molar-refractivity contribution < 1.29 is 24.5 Å². The minimum atomic E-state index is -1.16. The number of rotatable bonds is 3. The number of ether oxygens (including phenoxy) is 1. The van der Waals surface area contributed by atoms with Crippen molar-refractivity contribution in [3.8, 4) is 0 Å². The molecule has 0 saturated heterocycles. The predicted octanol–water partition coefficient (Wildman–Crippen LogP) is 0.577. The van der Waals surface area contributed by atoms with Gasteiger partial charge < -0.3 is 14.9 Å². The molecule has 82 valence electrons. The quantitative estimate of drug-likeness (QED) is 0.519. The molecule has 5 nitrogen and oxygen atoms in total. The fourth-order valence-electron chi connectivity index (χ4n) is 0.330. The van der Waals surface area contributed by atoms with Crippen molar-refractivity contribution in [3.05, 3.63) is 12.2 Å². The fraction of sp³-hybridized carbons (Fsp3) is 0.556. The smallest absolute Gasteiger partial charge is 0.330 e. The number of hydrogen-bond donors (Lipinski definition) is 2. The molecule has 0 heterocycles. The van der Waals surface area contributed by atoms with Crippen LogP contribution >= 0.6 is 0 Å². The van der Waals surface area contributed by atoms with Crippen molar-refractivity contribution in [2.75, 3.05) is 6.61 Å². The zero-order valence-electron chi connectivity index (χ0n) is 8.56. The lowest BCUT2D eigenvalue weighted by atomic mass is 10.5. The highest BCUT2D eigenvalue weighted by molar-refractivity contribution is 5.90. The number of hydrogen-bond acceptors (Lipinski definition) is 4. The van der Waals surface area contributed by atoms with Crippen LogP contribution in [0.25, 0.3) is 0 Å². The van der Waals surface area contributed by atoms with Gasteiger partial charge in [-0.2, -0.15) is 0 Å². The Morgan fingerprint density at radius 2 is 1.79 bits per heavy atom. The first-order chi connectivity index (χ1) is 6.40. The Hall–Kier alpha value is -1.36. The van der Waals surface area contributed by atoms with Crippen LogP contribution in [0.5, 0.6) is 0 Å². The summed E-state index contributed by atoms with van der Waals surface area (Å²) in [6.45, 7) is 5.34. The lowest BCUT2D eigenvalue weighted by Gasteiger charge is -1.92. The van der Waals surface area contributed by atoms with E-state index in [9.17, 15) is 9.59 Å². The molecule has 0 rings (SSSR count). The SMILES string of the molecule is CC(C)O.CCOC(=O)/C=C/C(=O)O. The van der Waals surface area contributed by atoms with E-state index in [-0.39, 0.29) is 12.7 Å². The highest BCUT2D eigenvalue weighted by Gasteiger charge is 1.94. The Morgan fingerprint density at radius 1 is 1.36 bits per heavy atom. The average Bonchev–Trinajstić information content (AvgIpc) is 2.00. The summed E-state index contributed by atoms with van der Waals surface area (Å²) in [7, 11) is 0. The first-order valence-corrected chi connectivity index (χ1v) is 4.16. The van der Waals surface area contributed by atoms with Gasteiger partial charge in [0.1, 0.15) is 0 Å². The Balaban J connectivity index is 0. The zero-order chi connectivity index (χ0) is 11.6. The first-order valence-electron chi connectivity index (χ1n) is 4.16. The van der Waals surface area contributed by atoms with Crippen molar-refractivity contribution in [3.63, 3.8) is 0 Å². The second kappa shape index (κ2) is 9.73. The summed E-state index contributed by atoms with van der Waals surface area (Å²) in [4.78, 5) is 20.2. The summed E-state index contributed by atoms with van der Waals surface area (Å²) in [6.07, 6.45) is 1.43. The van der Waals surface area contributed by atoms with Crippen molar-refractivity contribution in [1.29, 1.82) is 0 Å². The molecule has 0 radical (unpaired) electrons. The van der Waals surface area contributed by atoms with Crippen LogP contribution in [0, 0.1) is 0 Å². The summed E-state index contributed by atoms with van der Waals surface area (Å²) < 4.78 is 4.40. The predicted molar refractivity (Wildman–Crippen MR) is 50.8 cm³/mol. The van der Waals surface area contributed by atoms with E-state index in [1.54, 1.807) is 20.8 Å². The summed E-state index contributed by atoms with van der Waals surface area (Å²) in [5.41, 5.74) is 0. The number of aliphatic carboxylic acids is 1. The molecule has 0 atom stereocenters. The van der Waals surface area contributed by atoms with Crippen LogP contribution in [0.3, 0.4) is 0 Å². The Morgan fingerprint density at radius 3 is 2.07 bits per heavy atom. The lowest BCUT2D eigenvalue weighted by Crippen LogP contribution is -2.00. The second-order valence-corrected chi connectivity index (χ2v) is 2.52. The summed E-state index contributed by atoms with van der Waals surface area (Å²) >= 11 is 0. The van der Waals surface area contributed by atoms with Crippen molar-refractivity contribution in [2.45, 2.75) is 26.9 Å². The lowest BCUT2D eigenvalue weighted by molar-refractivity contribution is -0.138. The number of carbonyl (C=O) groups is 2. The molecule has 0 amide bonds. The second-order valence-electron chi connectivity index (χ2n) is 2.52. The molecule has 0 aliphatic carbocycles. The van der Waals surface area contributed by atoms with Gasteiger partial charge in [0, 0.05) is 18.3 Å². The van der Waals surface area contributed by atoms with Gasteiger partial charge in [-0.3, -0.25) is 0 Å². The van der Waals surface area contributed by atoms with E-state index in [1.165, 1.54) is 0 Å². The van der Waals surface area contributed by atoms with Gasteiger partial charge in [-0.05, 0) is 20.8 Å². The number of aliphatic hydroxyl groups is 1. The van der Waals surface area contributed by atoms with Gasteiger partial charge in [0.25, 0.3) is 0 Å². The molecule has 0 aromatic rings. The monoisotopic (exact) mass is 204 g/mol. The zero-order valence-corrected chi connectivity index (χ0v) is 8.56. The topological polar surface area (TPSA) is 83.8 Å². The minimum absolute atomic E-state index is 0.167. The molecule has 2 N–H and O–H groups in total. The molecule has 0 saturated carbocycles. The van der Waals surface area contributed by atoms with Crippen molar-refractivity contribution in [1.82, 2.24) is 0 Å². The summed E-state index contributed by atoms with van der Waals surface area (Å²) in [5, 5.41) is 16.1. The molecule has 0 spiro atoms. The molecule has 0 aromatic heterocycles. The molecule has 0 aliphatic rings. The van der Waals surface area contributed by atoms with Gasteiger partial charge in [-0.15, -0.1) is 0 Å². The molecule has 14 heavy (non-hydrogen) atoms. The van der Waals surface area contributed by atoms with Gasteiger partial charge in [-0.1, -0.05) is 0 Å². The van der Waals surface area contributed by atoms with Crippen LogP contribution in [-0.2, 0) is 14.3 Å². The van der Waals surface area contributed by atoms with E-state index in [0.717, 1.165) is 12.2 Å². The molecule has 5 heteroatoms. The fourth-order valence-corrected chi connectivity index (χ4v) is 0.330. The van der Waals surface area contributed by atoms with Crippen LogP contribution < -0.4 is 0 Å². The van der Waals surface area contributed by atoms with E-state index >= 15 is 0 Å². The van der Waals surface area contributed by atoms with E-state index < -0.39 is 11.9 Å².